The first-order chi connectivity index (χ1) is 12.2. The Morgan fingerprint density at radius 2 is 1.92 bits per heavy atom. The molecule has 0 spiro atoms. The van der Waals surface area contributed by atoms with E-state index in [-0.39, 0.29) is 0 Å². The van der Waals surface area contributed by atoms with Gasteiger partial charge in [-0.25, -0.2) is 4.98 Å². The molecule has 1 fully saturated rings. The van der Waals surface area contributed by atoms with Crippen LogP contribution in [0.4, 0.5) is 5.82 Å². The van der Waals surface area contributed by atoms with Gasteiger partial charge in [0.05, 0.1) is 0 Å². The standard InChI is InChI=1S/C20H19Cl2N3/c21-17-6-5-16(19(22)10-17)12-23-18-7-8-25(13-18)20-9-14-3-1-2-4-15(14)11-24-20/h1-6,9-11,18,23H,7-8,12-13H2/t18-/m0/s1. The number of hydrogen-bond acceptors (Lipinski definition) is 3. The van der Waals surface area contributed by atoms with Crippen molar-refractivity contribution < 1.29 is 0 Å². The van der Waals surface area contributed by atoms with Gasteiger partial charge in [0.1, 0.15) is 5.82 Å². The van der Waals surface area contributed by atoms with Crippen LogP contribution in [0.1, 0.15) is 12.0 Å². The van der Waals surface area contributed by atoms with Gasteiger partial charge in [0, 0.05) is 47.3 Å². The Balaban J connectivity index is 1.40. The number of pyridine rings is 1. The van der Waals surface area contributed by atoms with Crippen LogP contribution in [0.2, 0.25) is 10.0 Å². The summed E-state index contributed by atoms with van der Waals surface area (Å²) in [5.74, 6) is 1.05. The van der Waals surface area contributed by atoms with Crippen LogP contribution in [0.5, 0.6) is 0 Å². The zero-order chi connectivity index (χ0) is 17.2. The van der Waals surface area contributed by atoms with Crippen molar-refractivity contribution in [3.63, 3.8) is 0 Å². The molecule has 0 unspecified atom stereocenters. The van der Waals surface area contributed by atoms with Crippen molar-refractivity contribution in [3.05, 3.63) is 70.3 Å². The third-order valence-corrected chi connectivity index (χ3v) is 5.31. The molecule has 1 N–H and O–H groups in total. The second kappa shape index (κ2) is 7.20. The van der Waals surface area contributed by atoms with Crippen LogP contribution < -0.4 is 10.2 Å². The van der Waals surface area contributed by atoms with E-state index in [1.54, 1.807) is 6.07 Å². The van der Waals surface area contributed by atoms with E-state index in [1.807, 2.05) is 24.4 Å². The van der Waals surface area contributed by atoms with E-state index in [0.29, 0.717) is 16.1 Å². The molecule has 0 aliphatic carbocycles. The van der Waals surface area contributed by atoms with E-state index in [1.165, 1.54) is 10.8 Å². The summed E-state index contributed by atoms with van der Waals surface area (Å²) >= 11 is 12.2. The summed E-state index contributed by atoms with van der Waals surface area (Å²) in [6, 6.07) is 16.6. The molecule has 0 amide bonds. The minimum Gasteiger partial charge on any atom is -0.355 e. The lowest BCUT2D eigenvalue weighted by Gasteiger charge is -2.18. The molecule has 0 radical (unpaired) electrons. The van der Waals surface area contributed by atoms with E-state index < -0.39 is 0 Å². The van der Waals surface area contributed by atoms with E-state index >= 15 is 0 Å². The molecule has 5 heteroatoms. The SMILES string of the molecule is Clc1ccc(CN[C@H]2CCN(c3cc4ccccc4cn3)C2)c(Cl)c1. The number of aromatic nitrogens is 1. The summed E-state index contributed by atoms with van der Waals surface area (Å²) in [5, 5.41) is 7.39. The average molecular weight is 372 g/mol. The predicted molar refractivity (Wildman–Crippen MR) is 106 cm³/mol. The van der Waals surface area contributed by atoms with Crippen molar-refractivity contribution in [1.29, 1.82) is 0 Å². The van der Waals surface area contributed by atoms with Gasteiger partial charge in [-0.1, -0.05) is 53.5 Å². The molecule has 25 heavy (non-hydrogen) atoms. The highest BCUT2D eigenvalue weighted by atomic mass is 35.5. The summed E-state index contributed by atoms with van der Waals surface area (Å²) in [7, 11) is 0. The van der Waals surface area contributed by atoms with Gasteiger partial charge in [-0.05, 0) is 35.6 Å². The van der Waals surface area contributed by atoms with Gasteiger partial charge in [-0.15, -0.1) is 0 Å². The molecular weight excluding hydrogens is 353 g/mol. The Morgan fingerprint density at radius 3 is 2.76 bits per heavy atom. The molecule has 128 valence electrons. The molecule has 0 bridgehead atoms. The lowest BCUT2D eigenvalue weighted by molar-refractivity contribution is 0.551. The van der Waals surface area contributed by atoms with E-state index in [9.17, 15) is 0 Å². The van der Waals surface area contributed by atoms with Gasteiger partial charge in [0.25, 0.3) is 0 Å². The summed E-state index contributed by atoms with van der Waals surface area (Å²) in [6.45, 7) is 2.72. The van der Waals surface area contributed by atoms with Crippen molar-refractivity contribution >= 4 is 39.8 Å². The van der Waals surface area contributed by atoms with E-state index in [2.05, 4.69) is 39.5 Å². The molecule has 3 aromatic rings. The van der Waals surface area contributed by atoms with Crippen LogP contribution in [0, 0.1) is 0 Å². The summed E-state index contributed by atoms with van der Waals surface area (Å²) < 4.78 is 0. The van der Waals surface area contributed by atoms with Gasteiger partial charge >= 0.3 is 0 Å². The highest BCUT2D eigenvalue weighted by molar-refractivity contribution is 6.35. The van der Waals surface area contributed by atoms with Crippen LogP contribution in [0.15, 0.2) is 54.7 Å². The fourth-order valence-corrected chi connectivity index (χ4v) is 3.77. The van der Waals surface area contributed by atoms with Crippen LogP contribution in [-0.4, -0.2) is 24.1 Å². The molecule has 1 saturated heterocycles. The Labute approximate surface area is 157 Å². The van der Waals surface area contributed by atoms with Crippen LogP contribution in [-0.2, 0) is 6.54 Å². The largest absolute Gasteiger partial charge is 0.355 e. The Kier molecular flexibility index (Phi) is 4.80. The lowest BCUT2D eigenvalue weighted by atomic mass is 10.2. The summed E-state index contributed by atoms with van der Waals surface area (Å²) in [4.78, 5) is 6.97. The molecular formula is C20H19Cl2N3. The normalized spacial score (nSPS) is 17.4. The van der Waals surface area contributed by atoms with E-state index in [0.717, 1.165) is 37.4 Å². The van der Waals surface area contributed by atoms with Crippen LogP contribution in [0.25, 0.3) is 10.8 Å². The van der Waals surface area contributed by atoms with Crippen molar-refractivity contribution in [2.75, 3.05) is 18.0 Å². The number of fused-ring (bicyclic) bond motifs is 1. The molecule has 2 heterocycles. The number of anilines is 1. The third-order valence-electron chi connectivity index (χ3n) is 4.73. The Hall–Kier alpha value is -1.81. The number of halogens is 2. The second-order valence-electron chi connectivity index (χ2n) is 6.44. The van der Waals surface area contributed by atoms with Gasteiger partial charge < -0.3 is 10.2 Å². The number of hydrogen-bond donors (Lipinski definition) is 1. The quantitative estimate of drug-likeness (QED) is 0.705. The zero-order valence-electron chi connectivity index (χ0n) is 13.8. The van der Waals surface area contributed by atoms with Gasteiger partial charge in [-0.3, -0.25) is 0 Å². The molecule has 3 nitrogen and oxygen atoms in total. The average Bonchev–Trinajstić information content (AvgIpc) is 3.09. The summed E-state index contributed by atoms with van der Waals surface area (Å²) in [6.07, 6.45) is 3.05. The van der Waals surface area contributed by atoms with E-state index in [4.69, 9.17) is 23.2 Å². The third kappa shape index (κ3) is 3.74. The highest BCUT2D eigenvalue weighted by Gasteiger charge is 2.23. The number of nitrogens with one attached hydrogen (secondary N) is 1. The molecule has 1 aromatic heterocycles. The molecule has 0 saturated carbocycles. The first-order valence-electron chi connectivity index (χ1n) is 8.46. The Bertz CT molecular complexity index is 897. The minimum absolute atomic E-state index is 0.431. The van der Waals surface area contributed by atoms with Gasteiger partial charge in [-0.2, -0.15) is 0 Å². The predicted octanol–water partition coefficient (Wildman–Crippen LogP) is 4.91. The first kappa shape index (κ1) is 16.6. The first-order valence-corrected chi connectivity index (χ1v) is 9.22. The van der Waals surface area contributed by atoms with Crippen molar-refractivity contribution in [2.45, 2.75) is 19.0 Å². The zero-order valence-corrected chi connectivity index (χ0v) is 15.3. The fourth-order valence-electron chi connectivity index (χ4n) is 3.30. The maximum atomic E-state index is 6.25. The monoisotopic (exact) mass is 371 g/mol. The molecule has 1 atom stereocenters. The van der Waals surface area contributed by atoms with Crippen LogP contribution in [0.3, 0.4) is 0 Å². The molecule has 1 aliphatic heterocycles. The topological polar surface area (TPSA) is 28.2 Å². The fraction of sp³-hybridized carbons (Fsp3) is 0.250. The maximum absolute atomic E-state index is 6.25. The maximum Gasteiger partial charge on any atom is 0.129 e. The number of rotatable bonds is 4. The van der Waals surface area contributed by atoms with Crippen molar-refractivity contribution in [3.8, 4) is 0 Å². The second-order valence-corrected chi connectivity index (χ2v) is 7.28. The van der Waals surface area contributed by atoms with Gasteiger partial charge in [0.2, 0.25) is 0 Å². The van der Waals surface area contributed by atoms with Gasteiger partial charge in [0.15, 0.2) is 0 Å². The molecule has 2 aromatic carbocycles. The molecule has 1 aliphatic rings. The lowest BCUT2D eigenvalue weighted by Crippen LogP contribution is -2.32. The summed E-state index contributed by atoms with van der Waals surface area (Å²) in [5.41, 5.74) is 1.08. The van der Waals surface area contributed by atoms with Crippen LogP contribution >= 0.6 is 23.2 Å². The number of benzene rings is 2. The highest BCUT2D eigenvalue weighted by Crippen LogP contribution is 2.24. The van der Waals surface area contributed by atoms with Crippen molar-refractivity contribution in [2.24, 2.45) is 0 Å². The minimum atomic E-state index is 0.431. The molecule has 4 rings (SSSR count). The van der Waals surface area contributed by atoms with Crippen molar-refractivity contribution in [1.82, 2.24) is 10.3 Å². The number of nitrogens with zero attached hydrogens (tertiary/aromatic N) is 2. The smallest absolute Gasteiger partial charge is 0.129 e. The Morgan fingerprint density at radius 1 is 1.08 bits per heavy atom.